The first-order valence-electron chi connectivity index (χ1n) is 12.2. The van der Waals surface area contributed by atoms with E-state index in [2.05, 4.69) is 46.6 Å². The molecule has 5 rings (SSSR count). The number of carbonyl (C=O) groups is 1. The standard InChI is InChI=1S/C27H31N3O4/c1-2-19-6-8-20(9-7-19)23(30-12-4-3-5-13-30)18-28-27(31)22-17-25(34-29-22)21-10-11-24-26(16-21)33-15-14-32-24/h6-11,16-17,23H,2-5,12-15,18H2,1H3,(H,28,31)/t23-/m0/s1. The summed E-state index contributed by atoms with van der Waals surface area (Å²) >= 11 is 0. The molecule has 0 unspecified atom stereocenters. The maximum Gasteiger partial charge on any atom is 0.273 e. The third kappa shape index (κ3) is 4.94. The minimum atomic E-state index is -0.236. The summed E-state index contributed by atoms with van der Waals surface area (Å²) in [6.45, 7) is 5.84. The van der Waals surface area contributed by atoms with Crippen molar-refractivity contribution in [1.82, 2.24) is 15.4 Å². The number of nitrogens with one attached hydrogen (secondary N) is 1. The number of hydrogen-bond acceptors (Lipinski definition) is 6. The van der Waals surface area contributed by atoms with Gasteiger partial charge >= 0.3 is 0 Å². The van der Waals surface area contributed by atoms with E-state index in [0.717, 1.165) is 25.1 Å². The average molecular weight is 462 g/mol. The molecule has 0 bridgehead atoms. The first-order valence-corrected chi connectivity index (χ1v) is 12.2. The van der Waals surface area contributed by atoms with Crippen molar-refractivity contribution in [2.75, 3.05) is 32.8 Å². The highest BCUT2D eigenvalue weighted by atomic mass is 16.6. The Balaban J connectivity index is 1.28. The van der Waals surface area contributed by atoms with Gasteiger partial charge < -0.3 is 19.3 Å². The van der Waals surface area contributed by atoms with Gasteiger partial charge in [0.25, 0.3) is 5.91 Å². The molecule has 0 saturated carbocycles. The van der Waals surface area contributed by atoms with Gasteiger partial charge in [0, 0.05) is 18.2 Å². The van der Waals surface area contributed by atoms with E-state index in [1.807, 2.05) is 18.2 Å². The molecule has 1 saturated heterocycles. The van der Waals surface area contributed by atoms with Crippen molar-refractivity contribution in [3.05, 3.63) is 65.4 Å². The predicted molar refractivity (Wildman–Crippen MR) is 129 cm³/mol. The van der Waals surface area contributed by atoms with Gasteiger partial charge in [-0.3, -0.25) is 9.69 Å². The Morgan fingerprint density at radius 1 is 1.00 bits per heavy atom. The van der Waals surface area contributed by atoms with Crippen molar-refractivity contribution in [3.63, 3.8) is 0 Å². The van der Waals surface area contributed by atoms with E-state index in [1.54, 1.807) is 6.07 Å². The summed E-state index contributed by atoms with van der Waals surface area (Å²) in [7, 11) is 0. The highest BCUT2D eigenvalue weighted by molar-refractivity contribution is 5.93. The molecule has 34 heavy (non-hydrogen) atoms. The SMILES string of the molecule is CCc1ccc([C@H](CNC(=O)c2cc(-c3ccc4c(c3)OCCO4)on2)N2CCCCC2)cc1. The molecule has 2 aliphatic heterocycles. The summed E-state index contributed by atoms with van der Waals surface area (Å²) in [4.78, 5) is 15.4. The van der Waals surface area contributed by atoms with Crippen molar-refractivity contribution < 1.29 is 18.8 Å². The van der Waals surface area contributed by atoms with Crippen molar-refractivity contribution in [1.29, 1.82) is 0 Å². The number of aromatic nitrogens is 1. The van der Waals surface area contributed by atoms with E-state index in [1.165, 1.54) is 30.4 Å². The van der Waals surface area contributed by atoms with Gasteiger partial charge in [-0.1, -0.05) is 42.8 Å². The highest BCUT2D eigenvalue weighted by Crippen LogP contribution is 2.34. The third-order valence-corrected chi connectivity index (χ3v) is 6.63. The zero-order valence-electron chi connectivity index (χ0n) is 19.6. The smallest absolute Gasteiger partial charge is 0.273 e. The summed E-state index contributed by atoms with van der Waals surface area (Å²) in [6.07, 6.45) is 4.68. The molecule has 1 N–H and O–H groups in total. The van der Waals surface area contributed by atoms with Crippen molar-refractivity contribution >= 4 is 5.91 Å². The van der Waals surface area contributed by atoms with Crippen LogP contribution in [0.1, 0.15) is 53.8 Å². The number of benzene rings is 2. The second-order valence-electron chi connectivity index (χ2n) is 8.85. The van der Waals surface area contributed by atoms with Crippen LogP contribution in [0.5, 0.6) is 11.5 Å². The van der Waals surface area contributed by atoms with Crippen molar-refractivity contribution in [2.45, 2.75) is 38.6 Å². The Morgan fingerprint density at radius 2 is 1.76 bits per heavy atom. The number of amides is 1. The van der Waals surface area contributed by atoms with Gasteiger partial charge in [-0.2, -0.15) is 0 Å². The van der Waals surface area contributed by atoms with Crippen LogP contribution in [0.3, 0.4) is 0 Å². The van der Waals surface area contributed by atoms with Crippen molar-refractivity contribution in [2.24, 2.45) is 0 Å². The van der Waals surface area contributed by atoms with E-state index in [4.69, 9.17) is 14.0 Å². The lowest BCUT2D eigenvalue weighted by atomic mass is 9.99. The van der Waals surface area contributed by atoms with Crippen LogP contribution in [0.4, 0.5) is 0 Å². The fraction of sp³-hybridized carbons (Fsp3) is 0.407. The quantitative estimate of drug-likeness (QED) is 0.553. The number of likely N-dealkylation sites (tertiary alicyclic amines) is 1. The Morgan fingerprint density at radius 3 is 2.53 bits per heavy atom. The summed E-state index contributed by atoms with van der Waals surface area (Å²) < 4.78 is 16.7. The number of rotatable bonds is 7. The zero-order valence-corrected chi connectivity index (χ0v) is 19.6. The number of carbonyl (C=O) groups excluding carboxylic acids is 1. The molecule has 1 fully saturated rings. The van der Waals surface area contributed by atoms with E-state index in [9.17, 15) is 4.79 Å². The van der Waals surface area contributed by atoms with Gasteiger partial charge in [-0.15, -0.1) is 0 Å². The summed E-state index contributed by atoms with van der Waals surface area (Å²) in [5, 5.41) is 7.11. The molecule has 3 aromatic rings. The maximum absolute atomic E-state index is 12.9. The minimum Gasteiger partial charge on any atom is -0.486 e. The molecule has 0 aliphatic carbocycles. The topological polar surface area (TPSA) is 76.8 Å². The molecule has 7 heteroatoms. The molecule has 0 radical (unpaired) electrons. The number of ether oxygens (including phenoxy) is 2. The monoisotopic (exact) mass is 461 g/mol. The first-order chi connectivity index (χ1) is 16.7. The third-order valence-electron chi connectivity index (χ3n) is 6.63. The lowest BCUT2D eigenvalue weighted by molar-refractivity contribution is 0.0915. The van der Waals surface area contributed by atoms with Gasteiger partial charge in [0.05, 0.1) is 6.04 Å². The van der Waals surface area contributed by atoms with Crippen LogP contribution in [0.2, 0.25) is 0 Å². The Bertz CT molecular complexity index is 1120. The lowest BCUT2D eigenvalue weighted by Crippen LogP contribution is -2.40. The maximum atomic E-state index is 12.9. The summed E-state index contributed by atoms with van der Waals surface area (Å²) in [5.41, 5.74) is 3.61. The van der Waals surface area contributed by atoms with Gasteiger partial charge in [-0.25, -0.2) is 0 Å². The molecule has 178 valence electrons. The van der Waals surface area contributed by atoms with Gasteiger partial charge in [-0.05, 0) is 61.7 Å². The molecule has 2 aliphatic rings. The fourth-order valence-corrected chi connectivity index (χ4v) is 4.66. The Kier molecular flexibility index (Phi) is 6.81. The molecule has 0 spiro atoms. The number of fused-ring (bicyclic) bond motifs is 1. The van der Waals surface area contributed by atoms with Crippen LogP contribution in [0, 0.1) is 0 Å². The Labute approximate surface area is 200 Å². The van der Waals surface area contributed by atoms with Gasteiger partial charge in [0.1, 0.15) is 13.2 Å². The number of nitrogens with zero attached hydrogens (tertiary/aromatic N) is 2. The van der Waals surface area contributed by atoms with Crippen LogP contribution in [-0.4, -0.2) is 48.8 Å². The number of piperidine rings is 1. The molecule has 1 aromatic heterocycles. The molecule has 7 nitrogen and oxygen atoms in total. The van der Waals surface area contributed by atoms with Crippen LogP contribution in [-0.2, 0) is 6.42 Å². The van der Waals surface area contributed by atoms with Crippen LogP contribution >= 0.6 is 0 Å². The van der Waals surface area contributed by atoms with Crippen LogP contribution in [0.25, 0.3) is 11.3 Å². The average Bonchev–Trinajstić information content (AvgIpc) is 3.40. The van der Waals surface area contributed by atoms with E-state index in [-0.39, 0.29) is 17.6 Å². The zero-order chi connectivity index (χ0) is 23.3. The lowest BCUT2D eigenvalue weighted by Gasteiger charge is -2.35. The second-order valence-corrected chi connectivity index (χ2v) is 8.85. The predicted octanol–water partition coefficient (Wildman–Crippen LogP) is 4.63. The van der Waals surface area contributed by atoms with E-state index in [0.29, 0.717) is 37.0 Å². The normalized spacial score (nSPS) is 16.7. The summed E-state index contributed by atoms with van der Waals surface area (Å²) in [6, 6.07) is 16.1. The fourth-order valence-electron chi connectivity index (χ4n) is 4.66. The van der Waals surface area contributed by atoms with Gasteiger partial charge in [0.2, 0.25) is 0 Å². The van der Waals surface area contributed by atoms with E-state index < -0.39 is 0 Å². The minimum absolute atomic E-state index is 0.138. The number of hydrogen-bond donors (Lipinski definition) is 1. The highest BCUT2D eigenvalue weighted by Gasteiger charge is 2.24. The molecule has 1 amide bonds. The largest absolute Gasteiger partial charge is 0.486 e. The van der Waals surface area contributed by atoms with Gasteiger partial charge in [0.15, 0.2) is 23.0 Å². The summed E-state index contributed by atoms with van der Waals surface area (Å²) in [5.74, 6) is 1.66. The number of aryl methyl sites for hydroxylation is 1. The van der Waals surface area contributed by atoms with E-state index >= 15 is 0 Å². The molecule has 2 aromatic carbocycles. The van der Waals surface area contributed by atoms with Crippen LogP contribution in [0.15, 0.2) is 53.1 Å². The second kappa shape index (κ2) is 10.3. The Hall–Kier alpha value is -3.32. The molecular formula is C27H31N3O4. The first kappa shape index (κ1) is 22.5. The van der Waals surface area contributed by atoms with Crippen LogP contribution < -0.4 is 14.8 Å². The molecule has 3 heterocycles. The van der Waals surface area contributed by atoms with Crippen molar-refractivity contribution in [3.8, 4) is 22.8 Å². The molecule has 1 atom stereocenters. The molecular weight excluding hydrogens is 430 g/mol.